The van der Waals surface area contributed by atoms with E-state index in [1.807, 2.05) is 6.07 Å². The SMILES string of the molecule is N#CC1(c2cc3c(I)n[nH]c3cn2)CC2(CC2)C1. The molecule has 2 saturated carbocycles. The molecule has 4 nitrogen and oxygen atoms in total. The molecular formula is C13H11IN4. The van der Waals surface area contributed by atoms with E-state index in [2.05, 4.69) is 43.8 Å². The quantitative estimate of drug-likeness (QED) is 0.805. The Morgan fingerprint density at radius 3 is 2.83 bits per heavy atom. The summed E-state index contributed by atoms with van der Waals surface area (Å²) in [6, 6.07) is 4.55. The number of nitrogens with zero attached hydrogens (tertiary/aromatic N) is 3. The van der Waals surface area contributed by atoms with Crippen molar-refractivity contribution in [1.82, 2.24) is 15.2 Å². The summed E-state index contributed by atoms with van der Waals surface area (Å²) in [4.78, 5) is 4.48. The minimum absolute atomic E-state index is 0.342. The maximum atomic E-state index is 9.53. The highest BCUT2D eigenvalue weighted by molar-refractivity contribution is 14.1. The van der Waals surface area contributed by atoms with Crippen molar-refractivity contribution in [1.29, 1.82) is 5.26 Å². The van der Waals surface area contributed by atoms with E-state index in [0.29, 0.717) is 5.41 Å². The summed E-state index contributed by atoms with van der Waals surface area (Å²) in [5.74, 6) is 0. The molecule has 0 bridgehead atoms. The van der Waals surface area contributed by atoms with Gasteiger partial charge in [-0.3, -0.25) is 10.1 Å². The van der Waals surface area contributed by atoms with E-state index in [0.717, 1.165) is 33.1 Å². The van der Waals surface area contributed by atoms with Crippen LogP contribution in [0.2, 0.25) is 0 Å². The van der Waals surface area contributed by atoms with Gasteiger partial charge < -0.3 is 0 Å². The number of hydrogen-bond acceptors (Lipinski definition) is 3. The third-order valence-corrected chi connectivity index (χ3v) is 5.24. The highest BCUT2D eigenvalue weighted by Crippen LogP contribution is 2.68. The van der Waals surface area contributed by atoms with Crippen molar-refractivity contribution >= 4 is 33.5 Å². The molecule has 0 radical (unpaired) electrons. The Hall–Kier alpha value is -1.16. The van der Waals surface area contributed by atoms with Crippen LogP contribution in [0.3, 0.4) is 0 Å². The number of nitriles is 1. The van der Waals surface area contributed by atoms with E-state index in [9.17, 15) is 5.26 Å². The van der Waals surface area contributed by atoms with Crippen LogP contribution < -0.4 is 0 Å². The summed E-state index contributed by atoms with van der Waals surface area (Å²) in [7, 11) is 0. The summed E-state index contributed by atoms with van der Waals surface area (Å²) in [6.45, 7) is 0. The van der Waals surface area contributed by atoms with Gasteiger partial charge in [0, 0.05) is 5.39 Å². The number of fused-ring (bicyclic) bond motifs is 1. The Balaban J connectivity index is 1.82. The summed E-state index contributed by atoms with van der Waals surface area (Å²) in [5, 5.41) is 17.7. The number of pyridine rings is 1. The fraction of sp³-hybridized carbons (Fsp3) is 0.462. The summed E-state index contributed by atoms with van der Waals surface area (Å²) >= 11 is 2.21. The molecule has 4 rings (SSSR count). The molecule has 1 N–H and O–H groups in total. The van der Waals surface area contributed by atoms with E-state index in [-0.39, 0.29) is 5.41 Å². The van der Waals surface area contributed by atoms with Crippen LogP contribution in [0, 0.1) is 20.4 Å². The number of aromatic nitrogens is 3. The molecule has 0 aromatic carbocycles. The van der Waals surface area contributed by atoms with Gasteiger partial charge in [-0.2, -0.15) is 10.4 Å². The second kappa shape index (κ2) is 3.23. The first kappa shape index (κ1) is 10.7. The molecule has 2 aliphatic carbocycles. The lowest BCUT2D eigenvalue weighted by Gasteiger charge is -2.43. The van der Waals surface area contributed by atoms with Gasteiger partial charge in [-0.05, 0) is 59.8 Å². The van der Waals surface area contributed by atoms with Gasteiger partial charge in [0.2, 0.25) is 0 Å². The van der Waals surface area contributed by atoms with Gasteiger partial charge in [-0.1, -0.05) is 0 Å². The lowest BCUT2D eigenvalue weighted by molar-refractivity contribution is 0.168. The van der Waals surface area contributed by atoms with Gasteiger partial charge >= 0.3 is 0 Å². The third kappa shape index (κ3) is 1.30. The monoisotopic (exact) mass is 350 g/mol. The molecule has 2 fully saturated rings. The first-order valence-corrected chi connectivity index (χ1v) is 7.16. The topological polar surface area (TPSA) is 65.4 Å². The Morgan fingerprint density at radius 1 is 1.39 bits per heavy atom. The van der Waals surface area contributed by atoms with E-state index >= 15 is 0 Å². The van der Waals surface area contributed by atoms with Gasteiger partial charge in [0.25, 0.3) is 0 Å². The molecular weight excluding hydrogens is 339 g/mol. The summed E-state index contributed by atoms with van der Waals surface area (Å²) in [6.07, 6.45) is 6.37. The number of H-pyrrole nitrogens is 1. The van der Waals surface area contributed by atoms with Gasteiger partial charge in [-0.25, -0.2) is 0 Å². The van der Waals surface area contributed by atoms with Crippen molar-refractivity contribution in [2.75, 3.05) is 0 Å². The maximum Gasteiger partial charge on any atom is 0.131 e. The zero-order chi connectivity index (χ0) is 12.4. The first-order valence-electron chi connectivity index (χ1n) is 6.08. The maximum absolute atomic E-state index is 9.53. The second-order valence-electron chi connectivity index (χ2n) is 5.68. The third-order valence-electron chi connectivity index (χ3n) is 4.42. The highest BCUT2D eigenvalue weighted by atomic mass is 127. The molecule has 0 unspecified atom stereocenters. The molecule has 18 heavy (non-hydrogen) atoms. The van der Waals surface area contributed by atoms with Crippen LogP contribution in [0.1, 0.15) is 31.4 Å². The predicted octanol–water partition coefficient (Wildman–Crippen LogP) is 2.90. The molecule has 1 spiro atoms. The number of halogens is 1. The molecule has 0 atom stereocenters. The Labute approximate surface area is 118 Å². The zero-order valence-corrected chi connectivity index (χ0v) is 11.9. The summed E-state index contributed by atoms with van der Waals surface area (Å²) in [5.41, 5.74) is 2.02. The van der Waals surface area contributed by atoms with Crippen LogP contribution >= 0.6 is 22.6 Å². The molecule has 0 aliphatic heterocycles. The molecule has 2 heterocycles. The van der Waals surface area contributed by atoms with Crippen LogP contribution in [0.15, 0.2) is 12.3 Å². The molecule has 5 heteroatoms. The van der Waals surface area contributed by atoms with Crippen LogP contribution in [0.5, 0.6) is 0 Å². The largest absolute Gasteiger partial charge is 0.275 e. The van der Waals surface area contributed by atoms with E-state index in [1.54, 1.807) is 6.20 Å². The van der Waals surface area contributed by atoms with E-state index in [1.165, 1.54) is 12.8 Å². The van der Waals surface area contributed by atoms with Gasteiger partial charge in [-0.15, -0.1) is 0 Å². The van der Waals surface area contributed by atoms with Crippen LogP contribution in [0.25, 0.3) is 10.9 Å². The highest BCUT2D eigenvalue weighted by Gasteiger charge is 2.62. The lowest BCUT2D eigenvalue weighted by atomic mass is 9.58. The number of rotatable bonds is 1. The predicted molar refractivity (Wildman–Crippen MR) is 74.8 cm³/mol. The molecule has 0 saturated heterocycles. The van der Waals surface area contributed by atoms with Crippen molar-refractivity contribution in [3.05, 3.63) is 21.7 Å². The van der Waals surface area contributed by atoms with E-state index in [4.69, 9.17) is 0 Å². The fourth-order valence-corrected chi connectivity index (χ4v) is 3.79. The van der Waals surface area contributed by atoms with Crippen molar-refractivity contribution in [2.45, 2.75) is 31.1 Å². The van der Waals surface area contributed by atoms with Gasteiger partial charge in [0.15, 0.2) is 0 Å². The first-order chi connectivity index (χ1) is 8.66. The smallest absolute Gasteiger partial charge is 0.131 e. The Morgan fingerprint density at radius 2 is 2.17 bits per heavy atom. The molecule has 0 amide bonds. The van der Waals surface area contributed by atoms with Crippen LogP contribution in [-0.2, 0) is 5.41 Å². The second-order valence-corrected chi connectivity index (χ2v) is 6.70. The standard InChI is InChI=1S/C13H11IN4/c14-11-8-3-10(16-4-9(8)17-18-11)13(7-15)5-12(6-13)1-2-12/h3-4H,1-2,5-6H2,(H,17,18). The van der Waals surface area contributed by atoms with Crippen molar-refractivity contribution in [3.63, 3.8) is 0 Å². The lowest BCUT2D eigenvalue weighted by Crippen LogP contribution is -2.42. The summed E-state index contributed by atoms with van der Waals surface area (Å²) < 4.78 is 0.944. The Bertz CT molecular complexity index is 685. The van der Waals surface area contributed by atoms with Gasteiger partial charge in [0.05, 0.1) is 23.5 Å². The van der Waals surface area contributed by atoms with Gasteiger partial charge in [0.1, 0.15) is 9.12 Å². The number of aromatic amines is 1. The average molecular weight is 350 g/mol. The van der Waals surface area contributed by atoms with Crippen LogP contribution in [-0.4, -0.2) is 15.2 Å². The molecule has 90 valence electrons. The Kier molecular flexibility index (Phi) is 1.93. The van der Waals surface area contributed by atoms with Crippen molar-refractivity contribution in [2.24, 2.45) is 5.41 Å². The number of hydrogen-bond donors (Lipinski definition) is 1. The number of nitrogens with one attached hydrogen (secondary N) is 1. The van der Waals surface area contributed by atoms with Crippen molar-refractivity contribution in [3.8, 4) is 6.07 Å². The fourth-order valence-electron chi connectivity index (χ4n) is 3.22. The zero-order valence-electron chi connectivity index (χ0n) is 9.70. The molecule has 2 aliphatic rings. The molecule has 2 aromatic rings. The minimum atomic E-state index is -0.342. The normalized spacial score (nSPS) is 22.7. The van der Waals surface area contributed by atoms with E-state index < -0.39 is 0 Å². The average Bonchev–Trinajstić information content (AvgIpc) is 3.06. The van der Waals surface area contributed by atoms with Crippen molar-refractivity contribution < 1.29 is 0 Å². The van der Waals surface area contributed by atoms with Crippen LogP contribution in [0.4, 0.5) is 0 Å². The minimum Gasteiger partial charge on any atom is -0.275 e. The molecule has 2 aromatic heterocycles.